The predicted molar refractivity (Wildman–Crippen MR) is 229 cm³/mol. The molecule has 0 atom stereocenters. The summed E-state index contributed by atoms with van der Waals surface area (Å²) in [7, 11) is 0. The molecule has 0 saturated carbocycles. The Labute approximate surface area is 336 Å². The molecule has 0 N–H and O–H groups in total. The summed E-state index contributed by atoms with van der Waals surface area (Å²) in [5.74, 6) is 1.22. The van der Waals surface area contributed by atoms with Crippen molar-refractivity contribution in [2.24, 2.45) is 0 Å². The second-order valence-corrected chi connectivity index (χ2v) is 13.3. The van der Waals surface area contributed by atoms with Gasteiger partial charge in [0.2, 0.25) is 0 Å². The van der Waals surface area contributed by atoms with Crippen LogP contribution < -0.4 is 0 Å². The summed E-state index contributed by atoms with van der Waals surface area (Å²) in [6.45, 7) is 0. The van der Waals surface area contributed by atoms with Crippen LogP contribution in [0, 0.1) is 0 Å². The van der Waals surface area contributed by atoms with Crippen LogP contribution in [0.15, 0.2) is 198 Å². The second-order valence-electron chi connectivity index (χ2n) is 13.3. The van der Waals surface area contributed by atoms with Gasteiger partial charge in [-0.3, -0.25) is 0 Å². The Balaban J connectivity index is 1.09. The van der Waals surface area contributed by atoms with Gasteiger partial charge in [0.25, 0.3) is 0 Å². The van der Waals surface area contributed by atoms with Crippen LogP contribution in [0.25, 0.3) is 106 Å². The molecule has 5 heteroatoms. The fourth-order valence-corrected chi connectivity index (χ4v) is 7.44. The number of para-hydroxylation sites is 2. The first-order valence-corrected chi connectivity index (χ1v) is 18.0. The highest BCUT2D eigenvalue weighted by molar-refractivity contribution is 6.12. The summed E-state index contributed by atoms with van der Waals surface area (Å²) < 4.78 is 94.2. The Hall–Kier alpha value is -7.63. The van der Waals surface area contributed by atoms with Gasteiger partial charge in [0.1, 0.15) is 11.2 Å². The first kappa shape index (κ1) is 23.2. The Kier molecular flexibility index (Phi) is 5.41. The lowest BCUT2D eigenvalue weighted by Crippen LogP contribution is -2.00. The summed E-state index contributed by atoms with van der Waals surface area (Å²) in [4.78, 5) is 14.9. The van der Waals surface area contributed by atoms with Gasteiger partial charge in [0.05, 0.1) is 24.7 Å². The first-order chi connectivity index (χ1) is 31.9. The minimum Gasteiger partial charge on any atom is -0.455 e. The van der Waals surface area contributed by atoms with E-state index in [2.05, 4.69) is 28.8 Å². The standard InChI is InChI=1S/C51H32N4O/c1-4-14-33(15-5-1)38-30-43(34-16-6-2-7-17-34)48-44(31-38)42-29-26-37(32-47(42)56-48)51-53-49(35-18-8-3-9-19-35)52-50(54-51)36-24-27-39(28-25-36)55-45-22-12-10-20-40(45)41-21-11-13-23-46(41)55/h1-32H/i1D,2D,4D,5D,6D,7D,14D,15D,16D,17D. The van der Waals surface area contributed by atoms with Crippen molar-refractivity contribution < 1.29 is 18.1 Å². The van der Waals surface area contributed by atoms with Crippen molar-refractivity contribution in [1.82, 2.24) is 19.5 Å². The molecule has 11 aromatic rings. The Bertz CT molecular complexity index is 3720. The molecule has 0 fully saturated rings. The smallest absolute Gasteiger partial charge is 0.164 e. The van der Waals surface area contributed by atoms with E-state index in [1.807, 2.05) is 84.9 Å². The molecule has 0 radical (unpaired) electrons. The van der Waals surface area contributed by atoms with E-state index in [1.165, 1.54) is 6.07 Å². The van der Waals surface area contributed by atoms with E-state index in [0.717, 1.165) is 38.6 Å². The van der Waals surface area contributed by atoms with Crippen LogP contribution in [0.4, 0.5) is 0 Å². The zero-order valence-electron chi connectivity index (χ0n) is 39.4. The molecule has 8 aromatic carbocycles. The average Bonchev–Trinajstić information content (AvgIpc) is 3.90. The van der Waals surface area contributed by atoms with Crippen LogP contribution in [-0.2, 0) is 0 Å². The highest BCUT2D eigenvalue weighted by Gasteiger charge is 2.19. The van der Waals surface area contributed by atoms with Crippen molar-refractivity contribution >= 4 is 43.7 Å². The van der Waals surface area contributed by atoms with Crippen molar-refractivity contribution in [3.8, 4) is 62.1 Å². The van der Waals surface area contributed by atoms with Crippen LogP contribution in [-0.4, -0.2) is 19.5 Å². The number of benzene rings is 8. The zero-order chi connectivity index (χ0) is 45.7. The largest absolute Gasteiger partial charge is 0.455 e. The average molecular weight is 727 g/mol. The zero-order valence-corrected chi connectivity index (χ0v) is 29.4. The molecule has 0 aliphatic carbocycles. The molecule has 262 valence electrons. The third-order valence-corrected chi connectivity index (χ3v) is 10.0. The van der Waals surface area contributed by atoms with Gasteiger partial charge in [0.15, 0.2) is 17.5 Å². The van der Waals surface area contributed by atoms with E-state index in [9.17, 15) is 0 Å². The number of fused-ring (bicyclic) bond motifs is 6. The molecule has 0 saturated heterocycles. The van der Waals surface area contributed by atoms with E-state index in [4.69, 9.17) is 33.1 Å². The number of furan rings is 1. The monoisotopic (exact) mass is 726 g/mol. The lowest BCUT2D eigenvalue weighted by Gasteiger charge is -2.11. The molecule has 5 nitrogen and oxygen atoms in total. The number of nitrogens with zero attached hydrogens (tertiary/aromatic N) is 4. The van der Waals surface area contributed by atoms with Gasteiger partial charge in [-0.2, -0.15) is 0 Å². The van der Waals surface area contributed by atoms with Gasteiger partial charge in [-0.25, -0.2) is 15.0 Å². The van der Waals surface area contributed by atoms with Gasteiger partial charge in [-0.1, -0.05) is 133 Å². The molecule has 3 heterocycles. The van der Waals surface area contributed by atoms with Gasteiger partial charge >= 0.3 is 0 Å². The first-order valence-electron chi connectivity index (χ1n) is 23.0. The number of rotatable bonds is 6. The minimum absolute atomic E-state index is 0.0854. The predicted octanol–water partition coefficient (Wildman–Crippen LogP) is 13.2. The number of hydrogen-bond donors (Lipinski definition) is 0. The van der Waals surface area contributed by atoms with E-state index in [0.29, 0.717) is 39.4 Å². The third-order valence-electron chi connectivity index (χ3n) is 10.0. The van der Waals surface area contributed by atoms with Gasteiger partial charge in [-0.15, -0.1) is 0 Å². The van der Waals surface area contributed by atoms with Crippen molar-refractivity contribution in [2.75, 3.05) is 0 Å². The maximum Gasteiger partial charge on any atom is 0.164 e. The lowest BCUT2D eigenvalue weighted by molar-refractivity contribution is 0.670. The lowest BCUT2D eigenvalue weighted by atomic mass is 9.95. The minimum atomic E-state index is -0.577. The molecular weight excluding hydrogens is 685 g/mol. The van der Waals surface area contributed by atoms with Gasteiger partial charge in [-0.05, 0) is 77.4 Å². The van der Waals surface area contributed by atoms with Gasteiger partial charge in [0, 0.05) is 49.5 Å². The Morgan fingerprint density at radius 1 is 0.411 bits per heavy atom. The van der Waals surface area contributed by atoms with Crippen LogP contribution >= 0.6 is 0 Å². The van der Waals surface area contributed by atoms with Crippen LogP contribution in [0.1, 0.15) is 13.7 Å². The van der Waals surface area contributed by atoms with Crippen LogP contribution in [0.3, 0.4) is 0 Å². The molecule has 0 spiro atoms. The summed E-state index contributed by atoms with van der Waals surface area (Å²) >= 11 is 0. The number of aromatic nitrogens is 4. The van der Waals surface area contributed by atoms with Crippen LogP contribution in [0.5, 0.6) is 0 Å². The van der Waals surface area contributed by atoms with Gasteiger partial charge < -0.3 is 8.98 Å². The number of hydrogen-bond acceptors (Lipinski definition) is 4. The van der Waals surface area contributed by atoms with Crippen molar-refractivity contribution in [1.29, 1.82) is 0 Å². The van der Waals surface area contributed by atoms with Crippen molar-refractivity contribution in [3.63, 3.8) is 0 Å². The summed E-state index contributed by atoms with van der Waals surface area (Å²) in [5, 5.41) is 3.29. The molecule has 0 bridgehead atoms. The molecule has 3 aromatic heterocycles. The van der Waals surface area contributed by atoms with E-state index in [-0.39, 0.29) is 27.8 Å². The highest BCUT2D eigenvalue weighted by atomic mass is 16.3. The van der Waals surface area contributed by atoms with Crippen LogP contribution in [0.2, 0.25) is 0 Å². The second kappa shape index (κ2) is 13.0. The highest BCUT2D eigenvalue weighted by Crippen LogP contribution is 2.41. The molecule has 56 heavy (non-hydrogen) atoms. The molecule has 0 unspecified atom stereocenters. The van der Waals surface area contributed by atoms with E-state index >= 15 is 0 Å². The quantitative estimate of drug-likeness (QED) is 0.171. The fraction of sp³-hybridized carbons (Fsp3) is 0. The summed E-state index contributed by atoms with van der Waals surface area (Å²) in [6.07, 6.45) is 0. The molecule has 0 aliphatic heterocycles. The SMILES string of the molecule is [2H]c1c([2H])c([2H])c(-c2cc(-c3c([2H])c([2H])c([2H])c([2H])c3[2H])c3oc4cc(-c5nc(-c6ccccc6)nc(-c6ccc(-n7c8ccccc8c8ccccc87)cc6)n5)ccc4c3c2)c([2H])c1[2H]. The normalized spacial score (nSPS) is 14.1. The maximum absolute atomic E-state index is 8.88. The Morgan fingerprint density at radius 2 is 0.964 bits per heavy atom. The summed E-state index contributed by atoms with van der Waals surface area (Å²) in [6, 6.07) is 37.5. The summed E-state index contributed by atoms with van der Waals surface area (Å²) in [5.41, 5.74) is 5.74. The topological polar surface area (TPSA) is 56.7 Å². The fourth-order valence-electron chi connectivity index (χ4n) is 7.44. The maximum atomic E-state index is 8.88. The molecular formula is C51H32N4O. The molecule has 0 amide bonds. The van der Waals surface area contributed by atoms with Crippen molar-refractivity contribution in [3.05, 3.63) is 194 Å². The van der Waals surface area contributed by atoms with Crippen molar-refractivity contribution in [2.45, 2.75) is 0 Å². The molecule has 11 rings (SSSR count). The Morgan fingerprint density at radius 3 is 1.62 bits per heavy atom. The third kappa shape index (κ3) is 5.37. The van der Waals surface area contributed by atoms with E-state index in [1.54, 1.807) is 18.2 Å². The molecule has 0 aliphatic rings. The van der Waals surface area contributed by atoms with E-state index < -0.39 is 60.4 Å².